The molecule has 2 nitrogen and oxygen atoms in total. The molecule has 0 spiro atoms. The van der Waals surface area contributed by atoms with Gasteiger partial charge in [0.2, 0.25) is 0 Å². The molecule has 0 fully saturated rings. The van der Waals surface area contributed by atoms with Crippen molar-refractivity contribution in [1.82, 2.24) is 0 Å². The van der Waals surface area contributed by atoms with E-state index in [4.69, 9.17) is 27.9 Å². The van der Waals surface area contributed by atoms with Crippen molar-refractivity contribution in [2.24, 2.45) is 0 Å². The fourth-order valence-electron chi connectivity index (χ4n) is 0.956. The highest BCUT2D eigenvalue weighted by Gasteiger charge is 2.09. The van der Waals surface area contributed by atoms with Gasteiger partial charge in [0.05, 0.1) is 5.02 Å². The highest BCUT2D eigenvalue weighted by molar-refractivity contribution is 6.43. The van der Waals surface area contributed by atoms with Crippen molar-refractivity contribution in [3.05, 3.63) is 40.9 Å². The Kier molecular flexibility index (Phi) is 4.66. The number of hydrogen-bond donors (Lipinski definition) is 0. The molecule has 0 atom stereocenters. The molecule has 0 bridgehead atoms. The number of allylic oxidation sites excluding steroid dienone is 1. The molecule has 4 heteroatoms. The highest BCUT2D eigenvalue weighted by Crippen LogP contribution is 2.31. The van der Waals surface area contributed by atoms with Crippen molar-refractivity contribution >= 4 is 29.2 Å². The van der Waals surface area contributed by atoms with Gasteiger partial charge in [-0.2, -0.15) is 0 Å². The van der Waals surface area contributed by atoms with Crippen LogP contribution in [0.4, 0.5) is 0 Å². The summed E-state index contributed by atoms with van der Waals surface area (Å²) < 4.78 is 5.02. The van der Waals surface area contributed by atoms with Crippen LogP contribution in [0, 0.1) is 0 Å². The van der Waals surface area contributed by atoms with Crippen molar-refractivity contribution in [2.75, 3.05) is 0 Å². The Hall–Kier alpha value is -0.990. The molecule has 0 saturated carbocycles. The minimum atomic E-state index is -0.348. The molecule has 80 valence electrons. The summed E-state index contributed by atoms with van der Waals surface area (Å²) in [6.45, 7) is 3.52. The van der Waals surface area contributed by atoms with Crippen molar-refractivity contribution in [1.29, 1.82) is 0 Å². The van der Waals surface area contributed by atoms with Crippen LogP contribution in [-0.4, -0.2) is 5.97 Å². The first-order valence-corrected chi connectivity index (χ1v) is 5.16. The lowest BCUT2D eigenvalue weighted by molar-refractivity contribution is -0.134. The number of hydrogen-bond acceptors (Lipinski definition) is 2. The van der Waals surface area contributed by atoms with Gasteiger partial charge >= 0.3 is 5.97 Å². The molecule has 0 aromatic heterocycles. The van der Waals surface area contributed by atoms with Gasteiger partial charge in [0.15, 0.2) is 5.75 Å². The lowest BCUT2D eigenvalue weighted by atomic mass is 10.3. The van der Waals surface area contributed by atoms with Crippen molar-refractivity contribution < 1.29 is 9.53 Å². The molecular formula is C11H10Cl2O2. The summed E-state index contributed by atoms with van der Waals surface area (Å²) in [5.41, 5.74) is 0. The van der Waals surface area contributed by atoms with Crippen LogP contribution in [0.2, 0.25) is 10.0 Å². The molecule has 0 saturated heterocycles. The van der Waals surface area contributed by atoms with Gasteiger partial charge < -0.3 is 4.74 Å². The zero-order valence-corrected chi connectivity index (χ0v) is 9.52. The van der Waals surface area contributed by atoms with E-state index < -0.39 is 0 Å². The van der Waals surface area contributed by atoms with Crippen molar-refractivity contribution in [3.8, 4) is 5.75 Å². The molecule has 0 N–H and O–H groups in total. The summed E-state index contributed by atoms with van der Waals surface area (Å²) in [5, 5.41) is 0.622. The third kappa shape index (κ3) is 3.57. The molecule has 0 unspecified atom stereocenters. The second-order valence-electron chi connectivity index (χ2n) is 2.85. The summed E-state index contributed by atoms with van der Waals surface area (Å²) in [7, 11) is 0. The Morgan fingerprint density at radius 1 is 1.47 bits per heavy atom. The second kappa shape index (κ2) is 5.79. The fourth-order valence-corrected chi connectivity index (χ4v) is 1.29. The molecule has 0 aliphatic carbocycles. The van der Waals surface area contributed by atoms with Gasteiger partial charge in [0.1, 0.15) is 5.02 Å². The molecule has 1 aromatic carbocycles. The first-order valence-electron chi connectivity index (χ1n) is 4.40. The molecule has 0 heterocycles. The van der Waals surface area contributed by atoms with E-state index in [1.165, 1.54) is 0 Å². The number of halogens is 2. The first-order chi connectivity index (χ1) is 7.15. The molecular weight excluding hydrogens is 235 g/mol. The topological polar surface area (TPSA) is 26.3 Å². The van der Waals surface area contributed by atoms with Crippen molar-refractivity contribution in [2.45, 2.75) is 12.8 Å². The first kappa shape index (κ1) is 12.1. The van der Waals surface area contributed by atoms with Gasteiger partial charge in [-0.25, -0.2) is 0 Å². The van der Waals surface area contributed by atoms with Crippen LogP contribution in [0.5, 0.6) is 5.75 Å². The van der Waals surface area contributed by atoms with Crippen LogP contribution in [-0.2, 0) is 4.79 Å². The van der Waals surface area contributed by atoms with Crippen LogP contribution < -0.4 is 4.74 Å². The Morgan fingerprint density at radius 2 is 2.20 bits per heavy atom. The van der Waals surface area contributed by atoms with Gasteiger partial charge in [-0.05, 0) is 18.6 Å². The third-order valence-electron chi connectivity index (χ3n) is 1.69. The van der Waals surface area contributed by atoms with E-state index in [2.05, 4.69) is 6.58 Å². The van der Waals surface area contributed by atoms with Crippen LogP contribution >= 0.6 is 23.2 Å². The van der Waals surface area contributed by atoms with E-state index in [0.717, 1.165) is 0 Å². The largest absolute Gasteiger partial charge is 0.425 e. The molecule has 0 radical (unpaired) electrons. The third-order valence-corrected chi connectivity index (χ3v) is 2.49. The monoisotopic (exact) mass is 244 g/mol. The van der Waals surface area contributed by atoms with Crippen LogP contribution in [0.15, 0.2) is 30.9 Å². The lowest BCUT2D eigenvalue weighted by Crippen LogP contribution is -2.07. The molecule has 0 aliphatic heterocycles. The van der Waals surface area contributed by atoms with Crippen LogP contribution in [0.1, 0.15) is 12.8 Å². The maximum absolute atomic E-state index is 11.3. The number of carbonyl (C=O) groups excluding carboxylic acids is 1. The normalized spacial score (nSPS) is 9.73. The van der Waals surface area contributed by atoms with Gasteiger partial charge in [0, 0.05) is 6.42 Å². The van der Waals surface area contributed by atoms with Crippen LogP contribution in [0.3, 0.4) is 0 Å². The maximum atomic E-state index is 11.3. The van der Waals surface area contributed by atoms with Gasteiger partial charge in [-0.15, -0.1) is 6.58 Å². The van der Waals surface area contributed by atoms with E-state index in [-0.39, 0.29) is 17.4 Å². The maximum Gasteiger partial charge on any atom is 0.311 e. The standard InChI is InChI=1S/C11H10Cl2O2/c1-2-3-7-10(14)15-9-6-4-5-8(12)11(9)13/h2,4-6H,1,3,7H2. The summed E-state index contributed by atoms with van der Waals surface area (Å²) in [5.74, 6) is -0.0581. The van der Waals surface area contributed by atoms with E-state index in [1.807, 2.05) is 0 Å². The number of rotatable bonds is 4. The average molecular weight is 245 g/mol. The minimum Gasteiger partial charge on any atom is -0.425 e. The van der Waals surface area contributed by atoms with E-state index in [9.17, 15) is 4.79 Å². The zero-order valence-electron chi connectivity index (χ0n) is 8.00. The molecule has 1 aromatic rings. The molecule has 0 aliphatic rings. The summed E-state index contributed by atoms with van der Waals surface area (Å²) in [6.07, 6.45) is 2.52. The van der Waals surface area contributed by atoms with E-state index in [0.29, 0.717) is 17.2 Å². The fraction of sp³-hybridized carbons (Fsp3) is 0.182. The lowest BCUT2D eigenvalue weighted by Gasteiger charge is -2.05. The van der Waals surface area contributed by atoms with Gasteiger partial charge in [0.25, 0.3) is 0 Å². The number of benzene rings is 1. The highest BCUT2D eigenvalue weighted by atomic mass is 35.5. The van der Waals surface area contributed by atoms with Gasteiger partial charge in [-0.1, -0.05) is 35.3 Å². The average Bonchev–Trinajstić information content (AvgIpc) is 2.22. The van der Waals surface area contributed by atoms with Crippen molar-refractivity contribution in [3.63, 3.8) is 0 Å². The Balaban J connectivity index is 2.68. The van der Waals surface area contributed by atoms with Gasteiger partial charge in [-0.3, -0.25) is 4.79 Å². The Bertz CT molecular complexity index is 375. The Labute approximate surface area is 98.4 Å². The molecule has 1 rings (SSSR count). The Morgan fingerprint density at radius 3 is 2.87 bits per heavy atom. The summed E-state index contributed by atoms with van der Waals surface area (Å²) >= 11 is 11.6. The number of esters is 1. The van der Waals surface area contributed by atoms with E-state index in [1.54, 1.807) is 24.3 Å². The second-order valence-corrected chi connectivity index (χ2v) is 3.64. The minimum absolute atomic E-state index is 0.256. The number of ether oxygens (including phenoxy) is 1. The van der Waals surface area contributed by atoms with E-state index >= 15 is 0 Å². The molecule has 0 amide bonds. The SMILES string of the molecule is C=CCCC(=O)Oc1cccc(Cl)c1Cl. The predicted octanol–water partition coefficient (Wildman–Crippen LogP) is 3.87. The number of carbonyl (C=O) groups is 1. The molecule has 15 heavy (non-hydrogen) atoms. The zero-order chi connectivity index (χ0) is 11.3. The summed E-state index contributed by atoms with van der Waals surface area (Å²) in [6, 6.07) is 4.90. The van der Waals surface area contributed by atoms with Crippen LogP contribution in [0.25, 0.3) is 0 Å². The predicted molar refractivity (Wildman–Crippen MR) is 61.5 cm³/mol. The summed E-state index contributed by atoms with van der Waals surface area (Å²) in [4.78, 5) is 11.3. The smallest absolute Gasteiger partial charge is 0.311 e. The quantitative estimate of drug-likeness (QED) is 0.457.